The number of carbonyl (C=O) groups excluding carboxylic acids is 1. The first kappa shape index (κ1) is 15.3. The van der Waals surface area contributed by atoms with Gasteiger partial charge in [-0.15, -0.1) is 11.3 Å². The fraction of sp³-hybridized carbons (Fsp3) is 0.267. The number of nitrogens with zero attached hydrogens (tertiary/aromatic N) is 4. The van der Waals surface area contributed by atoms with Crippen LogP contribution < -0.4 is 5.32 Å². The van der Waals surface area contributed by atoms with E-state index in [4.69, 9.17) is 4.52 Å². The fourth-order valence-electron chi connectivity index (χ4n) is 1.98. The van der Waals surface area contributed by atoms with Gasteiger partial charge in [0.15, 0.2) is 5.82 Å². The van der Waals surface area contributed by atoms with Crippen LogP contribution in [0.2, 0.25) is 0 Å². The van der Waals surface area contributed by atoms with Crippen LogP contribution in [0.1, 0.15) is 17.4 Å². The van der Waals surface area contributed by atoms with E-state index in [0.717, 1.165) is 16.4 Å². The molecule has 0 aromatic carbocycles. The van der Waals surface area contributed by atoms with Crippen molar-refractivity contribution in [3.05, 3.63) is 47.2 Å². The van der Waals surface area contributed by atoms with Crippen molar-refractivity contribution in [2.75, 3.05) is 6.54 Å². The van der Waals surface area contributed by atoms with E-state index in [9.17, 15) is 4.79 Å². The molecule has 3 rings (SSSR count). The first-order chi connectivity index (χ1) is 11.2. The highest BCUT2D eigenvalue weighted by Gasteiger charge is 2.09. The number of hydrogen-bond donors (Lipinski definition) is 1. The molecule has 1 N–H and O–H groups in total. The molecule has 0 bridgehead atoms. The summed E-state index contributed by atoms with van der Waals surface area (Å²) in [4.78, 5) is 24.6. The molecule has 23 heavy (non-hydrogen) atoms. The third-order valence-electron chi connectivity index (χ3n) is 3.03. The summed E-state index contributed by atoms with van der Waals surface area (Å²) < 4.78 is 4.83. The maximum atomic E-state index is 11.8. The van der Waals surface area contributed by atoms with E-state index >= 15 is 0 Å². The summed E-state index contributed by atoms with van der Waals surface area (Å²) >= 11 is 1.55. The molecule has 0 aliphatic carbocycles. The number of carbonyl (C=O) groups is 1. The molecule has 0 radical (unpaired) electrons. The zero-order chi connectivity index (χ0) is 16.1. The van der Waals surface area contributed by atoms with Gasteiger partial charge in [-0.25, -0.2) is 4.98 Å². The number of nitrogens with one attached hydrogen (secondary N) is 1. The Labute approximate surface area is 136 Å². The van der Waals surface area contributed by atoms with Crippen molar-refractivity contribution in [2.45, 2.75) is 19.8 Å². The maximum Gasteiger partial charge on any atom is 0.227 e. The second kappa shape index (κ2) is 7.10. The van der Waals surface area contributed by atoms with Crippen molar-refractivity contribution in [1.29, 1.82) is 0 Å². The van der Waals surface area contributed by atoms with Crippen LogP contribution in [0.3, 0.4) is 0 Å². The van der Waals surface area contributed by atoms with Crippen LogP contribution in [-0.4, -0.2) is 32.6 Å². The summed E-state index contributed by atoms with van der Waals surface area (Å²) in [5, 5.41) is 9.39. The topological polar surface area (TPSA) is 93.8 Å². The Kier molecular flexibility index (Phi) is 4.72. The summed E-state index contributed by atoms with van der Waals surface area (Å²) in [6.07, 6.45) is 2.53. The third kappa shape index (κ3) is 4.19. The molecule has 0 fully saturated rings. The Balaban J connectivity index is 1.47. The molecule has 0 spiro atoms. The SMILES string of the molecule is Cc1nc(CC(=O)NCCc2csc(-c3ccccn3)n2)no1. The molecule has 1 amide bonds. The fourth-order valence-corrected chi connectivity index (χ4v) is 2.81. The van der Waals surface area contributed by atoms with Crippen molar-refractivity contribution >= 4 is 17.2 Å². The maximum absolute atomic E-state index is 11.8. The van der Waals surface area contributed by atoms with Gasteiger partial charge in [-0.1, -0.05) is 11.2 Å². The Morgan fingerprint density at radius 1 is 1.35 bits per heavy atom. The van der Waals surface area contributed by atoms with Crippen LogP contribution in [0.4, 0.5) is 0 Å². The molecule has 3 aromatic heterocycles. The van der Waals surface area contributed by atoms with E-state index in [-0.39, 0.29) is 12.3 Å². The van der Waals surface area contributed by atoms with Crippen LogP contribution in [0, 0.1) is 6.92 Å². The first-order valence-electron chi connectivity index (χ1n) is 7.12. The molecule has 118 valence electrons. The quantitative estimate of drug-likeness (QED) is 0.741. The van der Waals surface area contributed by atoms with E-state index < -0.39 is 0 Å². The van der Waals surface area contributed by atoms with E-state index in [2.05, 4.69) is 25.4 Å². The second-order valence-electron chi connectivity index (χ2n) is 4.87. The van der Waals surface area contributed by atoms with Crippen LogP contribution in [-0.2, 0) is 17.6 Å². The average molecular weight is 329 g/mol. The van der Waals surface area contributed by atoms with Gasteiger partial charge < -0.3 is 9.84 Å². The molecule has 0 saturated carbocycles. The van der Waals surface area contributed by atoms with E-state index in [1.165, 1.54) is 0 Å². The largest absolute Gasteiger partial charge is 0.355 e. The molecule has 7 nitrogen and oxygen atoms in total. The predicted molar refractivity (Wildman–Crippen MR) is 84.8 cm³/mol. The number of rotatable bonds is 6. The zero-order valence-electron chi connectivity index (χ0n) is 12.5. The highest BCUT2D eigenvalue weighted by Crippen LogP contribution is 2.21. The highest BCUT2D eigenvalue weighted by atomic mass is 32.1. The molecule has 0 aliphatic heterocycles. The molecule has 0 aliphatic rings. The summed E-state index contributed by atoms with van der Waals surface area (Å²) in [6.45, 7) is 2.21. The molecule has 0 atom stereocenters. The van der Waals surface area contributed by atoms with Crippen molar-refractivity contribution in [3.63, 3.8) is 0 Å². The van der Waals surface area contributed by atoms with Crippen LogP contribution in [0.25, 0.3) is 10.7 Å². The number of hydrogen-bond acceptors (Lipinski definition) is 7. The van der Waals surface area contributed by atoms with E-state index in [1.807, 2.05) is 23.6 Å². The Morgan fingerprint density at radius 3 is 3.00 bits per heavy atom. The monoisotopic (exact) mass is 329 g/mol. The summed E-state index contributed by atoms with van der Waals surface area (Å²) in [5.41, 5.74) is 1.80. The van der Waals surface area contributed by atoms with Gasteiger partial charge in [-0.3, -0.25) is 9.78 Å². The Morgan fingerprint density at radius 2 is 2.26 bits per heavy atom. The van der Waals surface area contributed by atoms with Gasteiger partial charge in [0.1, 0.15) is 5.01 Å². The van der Waals surface area contributed by atoms with Crippen LogP contribution >= 0.6 is 11.3 Å². The summed E-state index contributed by atoms with van der Waals surface area (Å²) in [6, 6.07) is 5.74. The van der Waals surface area contributed by atoms with Gasteiger partial charge in [-0.05, 0) is 12.1 Å². The minimum absolute atomic E-state index is 0.119. The van der Waals surface area contributed by atoms with Gasteiger partial charge in [0.2, 0.25) is 11.8 Å². The minimum atomic E-state index is -0.133. The molecule has 8 heteroatoms. The van der Waals surface area contributed by atoms with Crippen molar-refractivity contribution < 1.29 is 9.32 Å². The van der Waals surface area contributed by atoms with Crippen molar-refractivity contribution in [3.8, 4) is 10.7 Å². The molecule has 0 saturated heterocycles. The van der Waals surface area contributed by atoms with Gasteiger partial charge in [-0.2, -0.15) is 4.98 Å². The predicted octanol–water partition coefficient (Wildman–Crippen LogP) is 1.80. The molecular weight excluding hydrogens is 314 g/mol. The normalized spacial score (nSPS) is 10.7. The lowest BCUT2D eigenvalue weighted by atomic mass is 10.3. The lowest BCUT2D eigenvalue weighted by Gasteiger charge is -2.01. The highest BCUT2D eigenvalue weighted by molar-refractivity contribution is 7.13. The molecular formula is C15H15N5O2S. The molecule has 3 aromatic rings. The second-order valence-corrected chi connectivity index (χ2v) is 5.72. The number of pyridine rings is 1. The number of amides is 1. The van der Waals surface area contributed by atoms with E-state index in [0.29, 0.717) is 24.7 Å². The zero-order valence-corrected chi connectivity index (χ0v) is 13.3. The van der Waals surface area contributed by atoms with Crippen LogP contribution in [0.15, 0.2) is 34.3 Å². The van der Waals surface area contributed by atoms with E-state index in [1.54, 1.807) is 24.5 Å². The lowest BCUT2D eigenvalue weighted by molar-refractivity contribution is -0.120. The van der Waals surface area contributed by atoms with Gasteiger partial charge in [0.25, 0.3) is 0 Å². The third-order valence-corrected chi connectivity index (χ3v) is 3.94. The lowest BCUT2D eigenvalue weighted by Crippen LogP contribution is -2.27. The summed E-state index contributed by atoms with van der Waals surface area (Å²) in [7, 11) is 0. The average Bonchev–Trinajstić information content (AvgIpc) is 3.17. The number of aryl methyl sites for hydroxylation is 1. The summed E-state index contributed by atoms with van der Waals surface area (Å²) in [5.74, 6) is 0.717. The first-order valence-corrected chi connectivity index (χ1v) is 8.00. The van der Waals surface area contributed by atoms with Gasteiger partial charge in [0, 0.05) is 31.5 Å². The smallest absolute Gasteiger partial charge is 0.227 e. The number of aromatic nitrogens is 4. The Bertz CT molecular complexity index is 784. The Hall–Kier alpha value is -2.61. The van der Waals surface area contributed by atoms with Crippen LogP contribution in [0.5, 0.6) is 0 Å². The van der Waals surface area contributed by atoms with Crippen molar-refractivity contribution in [2.24, 2.45) is 0 Å². The molecule has 3 heterocycles. The number of thiazole rings is 1. The standard InChI is InChI=1S/C15H15N5O2S/c1-10-18-13(20-22-10)8-14(21)17-7-5-11-9-23-15(19-11)12-4-2-3-6-16-12/h2-4,6,9H,5,7-8H2,1H3,(H,17,21). The van der Waals surface area contributed by atoms with Crippen molar-refractivity contribution in [1.82, 2.24) is 25.4 Å². The minimum Gasteiger partial charge on any atom is -0.355 e. The van der Waals surface area contributed by atoms with Gasteiger partial charge >= 0.3 is 0 Å². The molecule has 0 unspecified atom stereocenters. The van der Waals surface area contributed by atoms with Gasteiger partial charge in [0.05, 0.1) is 17.8 Å².